The van der Waals surface area contributed by atoms with Gasteiger partial charge in [-0.1, -0.05) is 60.1 Å². The topological polar surface area (TPSA) is 46.8 Å². The summed E-state index contributed by atoms with van der Waals surface area (Å²) in [4.78, 5) is 2.40. The molecule has 8 heteroatoms. The average Bonchev–Trinajstić information content (AvgIpc) is 3.24. The first kappa shape index (κ1) is 22.4. The lowest BCUT2D eigenvalue weighted by Crippen LogP contribution is -2.36. The number of halogens is 3. The molecule has 0 aliphatic carbocycles. The fraction of sp³-hybridized carbons (Fsp3) is 0.208. The van der Waals surface area contributed by atoms with Crippen molar-refractivity contribution in [2.75, 3.05) is 6.54 Å². The van der Waals surface area contributed by atoms with Crippen molar-refractivity contribution in [3.8, 4) is 0 Å². The van der Waals surface area contributed by atoms with E-state index >= 15 is 0 Å². The van der Waals surface area contributed by atoms with E-state index in [4.69, 9.17) is 11.6 Å². The van der Waals surface area contributed by atoms with Gasteiger partial charge in [-0.05, 0) is 63.4 Å². The SMILES string of the molecule is Cl.Fc1ccc(Cn2nnnc2C(c2ccc(Cl)cc2)N2CCc3ccccc3C2)cc1. The van der Waals surface area contributed by atoms with Crippen LogP contribution in [-0.4, -0.2) is 31.7 Å². The van der Waals surface area contributed by atoms with Crippen molar-refractivity contribution in [1.29, 1.82) is 0 Å². The summed E-state index contributed by atoms with van der Waals surface area (Å²) in [6, 6.07) is 22.7. The molecule has 5 nitrogen and oxygen atoms in total. The highest BCUT2D eigenvalue weighted by Crippen LogP contribution is 2.32. The van der Waals surface area contributed by atoms with Crippen molar-refractivity contribution < 1.29 is 4.39 Å². The van der Waals surface area contributed by atoms with Gasteiger partial charge in [-0.3, -0.25) is 4.90 Å². The zero-order valence-electron chi connectivity index (χ0n) is 17.2. The number of tetrazole rings is 1. The van der Waals surface area contributed by atoms with E-state index in [9.17, 15) is 4.39 Å². The number of fused-ring (bicyclic) bond motifs is 1. The van der Waals surface area contributed by atoms with Gasteiger partial charge in [0.05, 0.1) is 12.6 Å². The second-order valence-corrected chi connectivity index (χ2v) is 8.20. The summed E-state index contributed by atoms with van der Waals surface area (Å²) in [6.07, 6.45) is 0.972. The lowest BCUT2D eigenvalue weighted by Gasteiger charge is -2.35. The van der Waals surface area contributed by atoms with E-state index in [2.05, 4.69) is 44.7 Å². The van der Waals surface area contributed by atoms with E-state index in [0.29, 0.717) is 11.6 Å². The monoisotopic (exact) mass is 469 g/mol. The van der Waals surface area contributed by atoms with Gasteiger partial charge in [-0.25, -0.2) is 9.07 Å². The van der Waals surface area contributed by atoms with Crippen LogP contribution in [-0.2, 0) is 19.5 Å². The second-order valence-electron chi connectivity index (χ2n) is 7.76. The fourth-order valence-corrected chi connectivity index (χ4v) is 4.31. The first-order valence-corrected chi connectivity index (χ1v) is 10.6. The van der Waals surface area contributed by atoms with Crippen LogP contribution < -0.4 is 0 Å². The third-order valence-corrected chi connectivity index (χ3v) is 6.01. The number of nitrogens with zero attached hydrogens (tertiary/aromatic N) is 5. The van der Waals surface area contributed by atoms with Gasteiger partial charge in [0.25, 0.3) is 0 Å². The summed E-state index contributed by atoms with van der Waals surface area (Å²) in [5.74, 6) is 0.498. The normalized spacial score (nSPS) is 14.4. The molecule has 0 amide bonds. The molecule has 1 atom stereocenters. The van der Waals surface area contributed by atoms with Crippen molar-refractivity contribution in [3.05, 3.63) is 112 Å². The maximum Gasteiger partial charge on any atom is 0.173 e. The number of aromatic nitrogens is 4. The molecule has 0 saturated carbocycles. The highest BCUT2D eigenvalue weighted by Gasteiger charge is 2.30. The van der Waals surface area contributed by atoms with Crippen LogP contribution in [0.1, 0.15) is 34.1 Å². The van der Waals surface area contributed by atoms with E-state index in [0.717, 1.165) is 36.5 Å². The molecule has 0 N–H and O–H groups in total. The molecule has 3 aromatic carbocycles. The van der Waals surface area contributed by atoms with E-state index in [-0.39, 0.29) is 24.3 Å². The predicted octanol–water partition coefficient (Wildman–Crippen LogP) is 5.08. The minimum Gasteiger partial charge on any atom is -0.285 e. The Hall–Kier alpha value is -2.80. The van der Waals surface area contributed by atoms with Crippen LogP contribution in [0.5, 0.6) is 0 Å². The Kier molecular flexibility index (Phi) is 6.84. The third-order valence-electron chi connectivity index (χ3n) is 5.76. The highest BCUT2D eigenvalue weighted by molar-refractivity contribution is 6.30. The van der Waals surface area contributed by atoms with Gasteiger partial charge in [0.15, 0.2) is 5.82 Å². The number of benzene rings is 3. The summed E-state index contributed by atoms with van der Waals surface area (Å²) >= 11 is 6.16. The van der Waals surface area contributed by atoms with Crippen molar-refractivity contribution in [3.63, 3.8) is 0 Å². The molecule has 0 saturated heterocycles. The molecule has 0 radical (unpaired) electrons. The van der Waals surface area contributed by atoms with Gasteiger partial charge in [-0.2, -0.15) is 0 Å². The molecule has 1 aliphatic heterocycles. The molecule has 1 unspecified atom stereocenters. The molecule has 1 aromatic heterocycles. The maximum absolute atomic E-state index is 13.3. The summed E-state index contributed by atoms with van der Waals surface area (Å²) in [5.41, 5.74) is 4.73. The molecule has 4 aromatic rings. The largest absolute Gasteiger partial charge is 0.285 e. The third kappa shape index (κ3) is 4.67. The minimum atomic E-state index is -0.258. The lowest BCUT2D eigenvalue weighted by molar-refractivity contribution is 0.195. The maximum atomic E-state index is 13.3. The Labute approximate surface area is 197 Å². The van der Waals surface area contributed by atoms with Crippen molar-refractivity contribution >= 4 is 24.0 Å². The van der Waals surface area contributed by atoms with E-state index < -0.39 is 0 Å². The number of rotatable bonds is 5. The Balaban J connectivity index is 0.00000245. The molecular weight excluding hydrogens is 448 g/mol. The zero-order chi connectivity index (χ0) is 21.2. The quantitative estimate of drug-likeness (QED) is 0.408. The zero-order valence-corrected chi connectivity index (χ0v) is 18.8. The van der Waals surface area contributed by atoms with Crippen LogP contribution in [0.3, 0.4) is 0 Å². The molecule has 0 bridgehead atoms. The van der Waals surface area contributed by atoms with Gasteiger partial charge >= 0.3 is 0 Å². The van der Waals surface area contributed by atoms with Crippen molar-refractivity contribution in [2.45, 2.75) is 25.6 Å². The van der Waals surface area contributed by atoms with E-state index in [1.165, 1.54) is 23.3 Å². The Morgan fingerprint density at radius 1 is 0.938 bits per heavy atom. The smallest absolute Gasteiger partial charge is 0.173 e. The van der Waals surface area contributed by atoms with Crippen LogP contribution in [0.15, 0.2) is 72.8 Å². The molecule has 5 rings (SSSR count). The van der Waals surface area contributed by atoms with E-state index in [1.807, 2.05) is 24.3 Å². The lowest BCUT2D eigenvalue weighted by atomic mass is 9.96. The Morgan fingerprint density at radius 2 is 1.66 bits per heavy atom. The Bertz CT molecular complexity index is 1180. The van der Waals surface area contributed by atoms with Crippen LogP contribution in [0.25, 0.3) is 0 Å². The standard InChI is InChI=1S/C24H21ClFN5.ClH/c25-21-9-7-19(8-10-21)23(30-14-13-18-3-1-2-4-20(18)16-30)24-27-28-29-31(24)15-17-5-11-22(26)12-6-17;/h1-12,23H,13-16H2;1H. The van der Waals surface area contributed by atoms with Crippen LogP contribution in [0.2, 0.25) is 5.02 Å². The van der Waals surface area contributed by atoms with Gasteiger partial charge < -0.3 is 0 Å². The average molecular weight is 470 g/mol. The number of hydrogen-bond donors (Lipinski definition) is 0. The van der Waals surface area contributed by atoms with Crippen molar-refractivity contribution in [1.82, 2.24) is 25.1 Å². The molecule has 164 valence electrons. The highest BCUT2D eigenvalue weighted by atomic mass is 35.5. The summed E-state index contributed by atoms with van der Waals surface area (Å²) in [5, 5.41) is 13.3. The predicted molar refractivity (Wildman–Crippen MR) is 124 cm³/mol. The van der Waals surface area contributed by atoms with Gasteiger partial charge in [0.2, 0.25) is 0 Å². The van der Waals surface area contributed by atoms with Crippen LogP contribution in [0, 0.1) is 5.82 Å². The first-order valence-electron chi connectivity index (χ1n) is 10.2. The summed E-state index contributed by atoms with van der Waals surface area (Å²) < 4.78 is 15.1. The van der Waals surface area contributed by atoms with Crippen LogP contribution >= 0.6 is 24.0 Å². The molecular formula is C24H22Cl2FN5. The number of hydrogen-bond acceptors (Lipinski definition) is 4. The first-order chi connectivity index (χ1) is 15.2. The Morgan fingerprint density at radius 3 is 2.41 bits per heavy atom. The molecule has 1 aliphatic rings. The van der Waals surface area contributed by atoms with Crippen molar-refractivity contribution in [2.24, 2.45) is 0 Å². The fourth-order valence-electron chi connectivity index (χ4n) is 4.19. The molecule has 32 heavy (non-hydrogen) atoms. The molecule has 0 spiro atoms. The molecule has 0 fully saturated rings. The minimum absolute atomic E-state index is 0. The van der Waals surface area contributed by atoms with Gasteiger partial charge in [-0.15, -0.1) is 17.5 Å². The van der Waals surface area contributed by atoms with E-state index in [1.54, 1.807) is 16.8 Å². The van der Waals surface area contributed by atoms with Gasteiger partial charge in [0.1, 0.15) is 5.82 Å². The summed E-state index contributed by atoms with van der Waals surface area (Å²) in [6.45, 7) is 2.18. The van der Waals surface area contributed by atoms with Gasteiger partial charge in [0, 0.05) is 18.1 Å². The molecule has 2 heterocycles. The van der Waals surface area contributed by atoms with Crippen LogP contribution in [0.4, 0.5) is 4.39 Å². The second kappa shape index (κ2) is 9.77. The summed E-state index contributed by atoms with van der Waals surface area (Å²) in [7, 11) is 0.